The number of anilines is 1. The summed E-state index contributed by atoms with van der Waals surface area (Å²) < 4.78 is 7.48. The minimum atomic E-state index is 0.150. The largest absolute Gasteiger partial charge is 0.471 e. The van der Waals surface area contributed by atoms with Crippen LogP contribution in [0, 0.1) is 0 Å². The molecule has 2 aromatic rings. The van der Waals surface area contributed by atoms with Gasteiger partial charge in [0.15, 0.2) is 11.2 Å². The van der Waals surface area contributed by atoms with Crippen molar-refractivity contribution < 1.29 is 4.74 Å². The Labute approximate surface area is 123 Å². The van der Waals surface area contributed by atoms with Crippen LogP contribution in [0.5, 0.6) is 5.88 Å². The fourth-order valence-corrected chi connectivity index (χ4v) is 1.74. The molecule has 0 fully saturated rings. The van der Waals surface area contributed by atoms with Gasteiger partial charge in [-0.25, -0.2) is 4.98 Å². The monoisotopic (exact) mass is 283 g/mol. The van der Waals surface area contributed by atoms with Gasteiger partial charge in [0.25, 0.3) is 0 Å². The minimum absolute atomic E-state index is 0.150. The number of aromatic nitrogens is 4. The highest BCUT2D eigenvalue weighted by molar-refractivity contribution is 5.77. The van der Waals surface area contributed by atoms with Crippen molar-refractivity contribution in [1.82, 2.24) is 19.5 Å². The second-order valence-electron chi connectivity index (χ2n) is 4.28. The predicted octanol–water partition coefficient (Wildman–Crippen LogP) is 2.18. The highest BCUT2D eigenvalue weighted by Crippen LogP contribution is 2.21. The SMILES string of the molecule is C=C/C=C\C(=C/C=C)COc1nc(N)nc2c1ncn2C. The molecule has 0 saturated heterocycles. The maximum absolute atomic E-state index is 5.72. The van der Waals surface area contributed by atoms with Crippen molar-refractivity contribution in [2.45, 2.75) is 0 Å². The molecule has 0 amide bonds. The fourth-order valence-electron chi connectivity index (χ4n) is 1.74. The van der Waals surface area contributed by atoms with Crippen LogP contribution in [0.1, 0.15) is 0 Å². The maximum Gasteiger partial charge on any atom is 0.247 e. The zero-order valence-corrected chi connectivity index (χ0v) is 11.9. The van der Waals surface area contributed by atoms with E-state index in [-0.39, 0.29) is 5.95 Å². The number of imidazole rings is 1. The Balaban J connectivity index is 2.27. The topological polar surface area (TPSA) is 78.8 Å². The van der Waals surface area contributed by atoms with Gasteiger partial charge in [-0.3, -0.25) is 0 Å². The molecular weight excluding hydrogens is 266 g/mol. The number of nitrogens with zero attached hydrogens (tertiary/aromatic N) is 4. The van der Waals surface area contributed by atoms with Gasteiger partial charge in [0.1, 0.15) is 6.61 Å². The number of hydrogen-bond acceptors (Lipinski definition) is 5. The Morgan fingerprint density at radius 2 is 2.19 bits per heavy atom. The Bertz CT molecular complexity index is 727. The average Bonchev–Trinajstić information content (AvgIpc) is 2.83. The molecule has 2 aromatic heterocycles. The third-order valence-corrected chi connectivity index (χ3v) is 2.70. The van der Waals surface area contributed by atoms with E-state index in [9.17, 15) is 0 Å². The van der Waals surface area contributed by atoms with Crippen molar-refractivity contribution in [1.29, 1.82) is 0 Å². The van der Waals surface area contributed by atoms with Crippen LogP contribution in [-0.4, -0.2) is 26.1 Å². The lowest BCUT2D eigenvalue weighted by Crippen LogP contribution is -2.05. The van der Waals surface area contributed by atoms with Crippen molar-refractivity contribution in [3.63, 3.8) is 0 Å². The lowest BCUT2D eigenvalue weighted by molar-refractivity contribution is 0.345. The number of rotatable bonds is 6. The van der Waals surface area contributed by atoms with Crippen molar-refractivity contribution in [3.05, 3.63) is 55.4 Å². The smallest absolute Gasteiger partial charge is 0.247 e. The van der Waals surface area contributed by atoms with Crippen LogP contribution in [0.2, 0.25) is 0 Å². The molecule has 0 aromatic carbocycles. The average molecular weight is 283 g/mol. The van der Waals surface area contributed by atoms with Crippen molar-refractivity contribution in [2.24, 2.45) is 7.05 Å². The summed E-state index contributed by atoms with van der Waals surface area (Å²) in [7, 11) is 1.83. The lowest BCUT2D eigenvalue weighted by atomic mass is 10.2. The van der Waals surface area contributed by atoms with Crippen LogP contribution in [0.4, 0.5) is 5.95 Å². The minimum Gasteiger partial charge on any atom is -0.471 e. The summed E-state index contributed by atoms with van der Waals surface area (Å²) in [4.78, 5) is 12.5. The van der Waals surface area contributed by atoms with Crippen molar-refractivity contribution in [2.75, 3.05) is 12.3 Å². The molecule has 2 N–H and O–H groups in total. The highest BCUT2D eigenvalue weighted by Gasteiger charge is 2.12. The Morgan fingerprint density at radius 3 is 2.90 bits per heavy atom. The van der Waals surface area contributed by atoms with Crippen LogP contribution in [0.3, 0.4) is 0 Å². The molecule has 6 nitrogen and oxygen atoms in total. The number of allylic oxidation sites excluding steroid dienone is 4. The Morgan fingerprint density at radius 1 is 1.38 bits per heavy atom. The van der Waals surface area contributed by atoms with E-state index in [1.54, 1.807) is 23.0 Å². The second kappa shape index (κ2) is 6.51. The van der Waals surface area contributed by atoms with Gasteiger partial charge in [-0.1, -0.05) is 43.5 Å². The van der Waals surface area contributed by atoms with Gasteiger partial charge in [-0.2, -0.15) is 9.97 Å². The first-order valence-electron chi connectivity index (χ1n) is 6.33. The van der Waals surface area contributed by atoms with Crippen molar-refractivity contribution >= 4 is 17.1 Å². The molecule has 2 rings (SSSR count). The first-order valence-corrected chi connectivity index (χ1v) is 6.33. The summed E-state index contributed by atoms with van der Waals surface area (Å²) in [6, 6.07) is 0. The zero-order valence-electron chi connectivity index (χ0n) is 11.9. The van der Waals surface area contributed by atoms with E-state index in [0.29, 0.717) is 23.7 Å². The third-order valence-electron chi connectivity index (χ3n) is 2.70. The molecule has 0 saturated carbocycles. The molecule has 0 aliphatic heterocycles. The third kappa shape index (κ3) is 3.36. The molecule has 0 aliphatic carbocycles. The van der Waals surface area contributed by atoms with E-state index >= 15 is 0 Å². The number of nitrogen functional groups attached to an aromatic ring is 1. The Hall–Kier alpha value is -2.89. The van der Waals surface area contributed by atoms with E-state index in [2.05, 4.69) is 28.1 Å². The summed E-state index contributed by atoms with van der Waals surface area (Å²) in [5.41, 5.74) is 7.83. The van der Waals surface area contributed by atoms with Crippen molar-refractivity contribution in [3.8, 4) is 5.88 Å². The van der Waals surface area contributed by atoms with Gasteiger partial charge in [0.05, 0.1) is 6.33 Å². The van der Waals surface area contributed by atoms with Gasteiger partial charge >= 0.3 is 0 Å². The van der Waals surface area contributed by atoms with Crippen LogP contribution >= 0.6 is 0 Å². The molecule has 21 heavy (non-hydrogen) atoms. The van der Waals surface area contributed by atoms with Crippen LogP contribution < -0.4 is 10.5 Å². The normalized spacial score (nSPS) is 12.0. The van der Waals surface area contributed by atoms with Gasteiger partial charge in [-0.05, 0) is 5.57 Å². The quantitative estimate of drug-likeness (QED) is 0.822. The number of nitrogens with two attached hydrogens (primary N) is 1. The van der Waals surface area contributed by atoms with E-state index in [1.807, 2.05) is 25.3 Å². The summed E-state index contributed by atoms with van der Waals surface area (Å²) in [6.45, 7) is 7.63. The molecule has 6 heteroatoms. The van der Waals surface area contributed by atoms with Gasteiger partial charge in [-0.15, -0.1) is 0 Å². The van der Waals surface area contributed by atoms with Crippen LogP contribution in [-0.2, 0) is 7.05 Å². The number of ether oxygens (including phenoxy) is 1. The zero-order chi connectivity index (χ0) is 15.2. The molecular formula is C15H17N5O. The predicted molar refractivity (Wildman–Crippen MR) is 83.8 cm³/mol. The first-order chi connectivity index (χ1) is 10.2. The molecule has 2 heterocycles. The molecule has 108 valence electrons. The lowest BCUT2D eigenvalue weighted by Gasteiger charge is -2.07. The highest BCUT2D eigenvalue weighted by atomic mass is 16.5. The van der Waals surface area contributed by atoms with Crippen LogP contribution in [0.15, 0.2) is 55.4 Å². The standard InChI is InChI=1S/C15H17N5O/c1-4-6-8-11(7-5-2)9-21-14-12-13(18-15(16)19-14)20(3)10-17-12/h4-8,10H,1-2,9H2,3H3,(H2,16,18,19)/b8-6-,11-7+. The van der Waals surface area contributed by atoms with E-state index in [4.69, 9.17) is 10.5 Å². The van der Waals surface area contributed by atoms with Gasteiger partial charge < -0.3 is 15.0 Å². The molecule has 0 atom stereocenters. The molecule has 0 unspecified atom stereocenters. The van der Waals surface area contributed by atoms with E-state index in [0.717, 1.165) is 5.57 Å². The Kier molecular flexibility index (Phi) is 4.50. The molecule has 0 spiro atoms. The summed E-state index contributed by atoms with van der Waals surface area (Å²) >= 11 is 0. The van der Waals surface area contributed by atoms with E-state index < -0.39 is 0 Å². The molecule has 0 bridgehead atoms. The summed E-state index contributed by atoms with van der Waals surface area (Å²) in [6.07, 6.45) is 10.6. The second-order valence-corrected chi connectivity index (χ2v) is 4.28. The van der Waals surface area contributed by atoms with Crippen LogP contribution in [0.25, 0.3) is 11.2 Å². The summed E-state index contributed by atoms with van der Waals surface area (Å²) in [5.74, 6) is 0.511. The summed E-state index contributed by atoms with van der Waals surface area (Å²) in [5, 5.41) is 0. The molecule has 0 radical (unpaired) electrons. The maximum atomic E-state index is 5.72. The number of fused-ring (bicyclic) bond motifs is 1. The van der Waals surface area contributed by atoms with Gasteiger partial charge in [0, 0.05) is 7.05 Å². The fraction of sp³-hybridized carbons (Fsp3) is 0.133. The number of hydrogen-bond donors (Lipinski definition) is 1. The first kappa shape index (κ1) is 14.5. The van der Waals surface area contributed by atoms with E-state index in [1.165, 1.54) is 0 Å². The molecule has 0 aliphatic rings. The number of aryl methyl sites for hydroxylation is 1. The van der Waals surface area contributed by atoms with Gasteiger partial charge in [0.2, 0.25) is 11.8 Å².